The van der Waals surface area contributed by atoms with Gasteiger partial charge in [0.2, 0.25) is 15.9 Å². The van der Waals surface area contributed by atoms with E-state index in [1.165, 1.54) is 0 Å². The van der Waals surface area contributed by atoms with Crippen molar-refractivity contribution in [2.24, 2.45) is 0 Å². The molecule has 0 spiro atoms. The average Bonchev–Trinajstić information content (AvgIpc) is 2.74. The number of benzene rings is 2. The molecule has 0 radical (unpaired) electrons. The number of amides is 1. The molecule has 2 aromatic carbocycles. The minimum atomic E-state index is -3.56. The number of aryl methyl sites for hydroxylation is 1. The van der Waals surface area contributed by atoms with Crippen LogP contribution in [0.1, 0.15) is 30.4 Å². The van der Waals surface area contributed by atoms with Crippen molar-refractivity contribution < 1.29 is 13.2 Å². The fourth-order valence-corrected chi connectivity index (χ4v) is 4.42. The lowest BCUT2D eigenvalue weighted by molar-refractivity contribution is -0.122. The number of piperidine rings is 1. The predicted molar refractivity (Wildman–Crippen MR) is 114 cm³/mol. The summed E-state index contributed by atoms with van der Waals surface area (Å²) in [6.45, 7) is 2.28. The van der Waals surface area contributed by atoms with Crippen LogP contribution in [0.15, 0.2) is 59.5 Å². The molecule has 2 aromatic rings. The maximum atomic E-state index is 12.4. The minimum absolute atomic E-state index is 0.0563. The summed E-state index contributed by atoms with van der Waals surface area (Å²) in [6.07, 6.45) is 2.98. The maximum absolute atomic E-state index is 12.4. The van der Waals surface area contributed by atoms with Gasteiger partial charge in [-0.05, 0) is 62.7 Å². The minimum Gasteiger partial charge on any atom is -0.353 e. The first-order valence-electron chi connectivity index (χ1n) is 10.0. The number of likely N-dealkylation sites (tertiary alicyclic amines) is 1. The van der Waals surface area contributed by atoms with Gasteiger partial charge in [0.05, 0.1) is 4.90 Å². The van der Waals surface area contributed by atoms with Crippen LogP contribution in [0.5, 0.6) is 0 Å². The predicted octanol–water partition coefficient (Wildman–Crippen LogP) is 2.31. The third kappa shape index (κ3) is 6.66. The summed E-state index contributed by atoms with van der Waals surface area (Å²) in [7, 11) is -1.47. The fraction of sp³-hybridized carbons (Fsp3) is 0.409. The van der Waals surface area contributed by atoms with E-state index in [-0.39, 0.29) is 23.4 Å². The summed E-state index contributed by atoms with van der Waals surface area (Å²) in [5.74, 6) is 0.0563. The molecule has 1 aliphatic heterocycles. The van der Waals surface area contributed by atoms with E-state index in [0.717, 1.165) is 37.1 Å². The molecule has 1 saturated heterocycles. The highest BCUT2D eigenvalue weighted by atomic mass is 32.2. The lowest BCUT2D eigenvalue weighted by Crippen LogP contribution is -2.43. The first-order chi connectivity index (χ1) is 13.9. The summed E-state index contributed by atoms with van der Waals surface area (Å²) >= 11 is 0. The Kier molecular flexibility index (Phi) is 7.41. The van der Waals surface area contributed by atoms with Crippen LogP contribution in [0.3, 0.4) is 0 Å². The van der Waals surface area contributed by atoms with Gasteiger partial charge in [0.1, 0.15) is 0 Å². The zero-order valence-electron chi connectivity index (χ0n) is 16.8. The first kappa shape index (κ1) is 21.5. The van der Waals surface area contributed by atoms with Crippen LogP contribution < -0.4 is 10.0 Å². The zero-order valence-corrected chi connectivity index (χ0v) is 17.6. The zero-order chi connectivity index (χ0) is 20.7. The lowest BCUT2D eigenvalue weighted by Gasteiger charge is -2.29. The number of carbonyl (C=O) groups is 1. The molecule has 1 aliphatic rings. The summed E-state index contributed by atoms with van der Waals surface area (Å²) in [5.41, 5.74) is 1.86. The molecule has 1 heterocycles. The molecule has 1 fully saturated rings. The second-order valence-corrected chi connectivity index (χ2v) is 9.37. The van der Waals surface area contributed by atoms with E-state index >= 15 is 0 Å². The van der Waals surface area contributed by atoms with E-state index < -0.39 is 10.0 Å². The molecule has 3 rings (SSSR count). The largest absolute Gasteiger partial charge is 0.353 e. The van der Waals surface area contributed by atoms with Crippen molar-refractivity contribution in [3.63, 3.8) is 0 Å². The Labute approximate surface area is 173 Å². The van der Waals surface area contributed by atoms with Gasteiger partial charge in [0.25, 0.3) is 0 Å². The van der Waals surface area contributed by atoms with E-state index in [0.29, 0.717) is 12.8 Å². The Morgan fingerprint density at radius 3 is 2.31 bits per heavy atom. The van der Waals surface area contributed by atoms with Crippen molar-refractivity contribution in [3.05, 3.63) is 65.7 Å². The van der Waals surface area contributed by atoms with Crippen LogP contribution >= 0.6 is 0 Å². The van der Waals surface area contributed by atoms with E-state index in [4.69, 9.17) is 0 Å². The number of nitrogens with zero attached hydrogens (tertiary/aromatic N) is 1. The summed E-state index contributed by atoms with van der Waals surface area (Å²) in [4.78, 5) is 14.7. The van der Waals surface area contributed by atoms with Gasteiger partial charge in [-0.3, -0.25) is 4.79 Å². The molecule has 2 N–H and O–H groups in total. The van der Waals surface area contributed by atoms with Crippen molar-refractivity contribution in [2.45, 2.75) is 43.2 Å². The monoisotopic (exact) mass is 415 g/mol. The quantitative estimate of drug-likeness (QED) is 0.694. The number of rotatable bonds is 8. The molecule has 7 heteroatoms. The number of carbonyl (C=O) groups excluding carboxylic acids is 1. The average molecular weight is 416 g/mol. The standard InChI is InChI=1S/C22H29N3O3S/c1-25-15-13-20(14-16-25)24-22(26)12-9-18-7-10-21(11-8-18)29(27,28)23-17-19-5-3-2-4-6-19/h2-8,10-11,20,23H,9,12-17H2,1H3,(H,24,26). The van der Waals surface area contributed by atoms with Crippen molar-refractivity contribution >= 4 is 15.9 Å². The van der Waals surface area contributed by atoms with Crippen LogP contribution in [-0.2, 0) is 27.8 Å². The maximum Gasteiger partial charge on any atom is 0.240 e. The number of sulfonamides is 1. The molecule has 0 unspecified atom stereocenters. The summed E-state index contributed by atoms with van der Waals surface area (Å²) in [5, 5.41) is 3.11. The highest BCUT2D eigenvalue weighted by molar-refractivity contribution is 7.89. The van der Waals surface area contributed by atoms with Gasteiger partial charge in [-0.15, -0.1) is 0 Å². The Balaban J connectivity index is 1.47. The van der Waals surface area contributed by atoms with Gasteiger partial charge in [0.15, 0.2) is 0 Å². The summed E-state index contributed by atoms with van der Waals surface area (Å²) < 4.78 is 27.5. The van der Waals surface area contributed by atoms with Crippen LogP contribution in [0.2, 0.25) is 0 Å². The Hall–Kier alpha value is -2.22. The number of nitrogens with one attached hydrogen (secondary N) is 2. The van der Waals surface area contributed by atoms with Crippen LogP contribution in [0.25, 0.3) is 0 Å². The Morgan fingerprint density at radius 1 is 1.00 bits per heavy atom. The van der Waals surface area contributed by atoms with Crippen LogP contribution in [0.4, 0.5) is 0 Å². The van der Waals surface area contributed by atoms with Crippen LogP contribution in [0, 0.1) is 0 Å². The van der Waals surface area contributed by atoms with Crippen molar-refractivity contribution in [1.29, 1.82) is 0 Å². The molecule has 0 aliphatic carbocycles. The molecule has 0 bridgehead atoms. The molecule has 0 saturated carbocycles. The highest BCUT2D eigenvalue weighted by Gasteiger charge is 2.18. The van der Waals surface area contributed by atoms with E-state index in [1.54, 1.807) is 24.3 Å². The van der Waals surface area contributed by atoms with Gasteiger partial charge in [-0.25, -0.2) is 13.1 Å². The Morgan fingerprint density at radius 2 is 1.66 bits per heavy atom. The molecular weight excluding hydrogens is 386 g/mol. The van der Waals surface area contributed by atoms with E-state index in [2.05, 4.69) is 22.0 Å². The van der Waals surface area contributed by atoms with E-state index in [9.17, 15) is 13.2 Å². The molecule has 6 nitrogen and oxygen atoms in total. The van der Waals surface area contributed by atoms with Gasteiger partial charge >= 0.3 is 0 Å². The molecule has 0 aromatic heterocycles. The third-order valence-corrected chi connectivity index (χ3v) is 6.68. The molecule has 156 valence electrons. The molecule has 29 heavy (non-hydrogen) atoms. The number of hydrogen-bond acceptors (Lipinski definition) is 4. The molecule has 0 atom stereocenters. The topological polar surface area (TPSA) is 78.5 Å². The highest BCUT2D eigenvalue weighted by Crippen LogP contribution is 2.13. The third-order valence-electron chi connectivity index (χ3n) is 5.27. The number of hydrogen-bond donors (Lipinski definition) is 2. The van der Waals surface area contributed by atoms with Crippen molar-refractivity contribution in [3.8, 4) is 0 Å². The first-order valence-corrected chi connectivity index (χ1v) is 11.5. The SMILES string of the molecule is CN1CCC(NC(=O)CCc2ccc(S(=O)(=O)NCc3ccccc3)cc2)CC1. The molecule has 1 amide bonds. The lowest BCUT2D eigenvalue weighted by atomic mass is 10.0. The van der Waals surface area contributed by atoms with Crippen molar-refractivity contribution in [1.82, 2.24) is 14.9 Å². The molecular formula is C22H29N3O3S. The summed E-state index contributed by atoms with van der Waals surface area (Å²) in [6, 6.07) is 16.4. The second kappa shape index (κ2) is 10.0. The second-order valence-electron chi connectivity index (χ2n) is 7.60. The Bertz CT molecular complexity index is 891. The van der Waals surface area contributed by atoms with Gasteiger partial charge in [0, 0.05) is 19.0 Å². The van der Waals surface area contributed by atoms with Gasteiger partial charge in [-0.2, -0.15) is 0 Å². The van der Waals surface area contributed by atoms with Gasteiger partial charge < -0.3 is 10.2 Å². The van der Waals surface area contributed by atoms with Crippen molar-refractivity contribution in [2.75, 3.05) is 20.1 Å². The normalized spacial score (nSPS) is 15.9. The van der Waals surface area contributed by atoms with E-state index in [1.807, 2.05) is 30.3 Å². The fourth-order valence-electron chi connectivity index (χ4n) is 3.40. The van der Waals surface area contributed by atoms with Crippen LogP contribution in [-0.4, -0.2) is 45.4 Å². The smallest absolute Gasteiger partial charge is 0.240 e. The van der Waals surface area contributed by atoms with Gasteiger partial charge in [-0.1, -0.05) is 42.5 Å².